The fraction of sp³-hybridized carbons (Fsp3) is 0.375. The lowest BCUT2D eigenvalue weighted by atomic mass is 10.1. The predicted octanol–water partition coefficient (Wildman–Crippen LogP) is 4.40. The van der Waals surface area contributed by atoms with Crippen molar-refractivity contribution < 1.29 is 4.79 Å². The van der Waals surface area contributed by atoms with Gasteiger partial charge in [0.1, 0.15) is 0 Å². The van der Waals surface area contributed by atoms with Gasteiger partial charge in [0.15, 0.2) is 5.16 Å². The van der Waals surface area contributed by atoms with Crippen LogP contribution in [0.2, 0.25) is 0 Å². The fourth-order valence-corrected chi connectivity index (χ4v) is 4.71. The van der Waals surface area contributed by atoms with Crippen LogP contribution in [0.1, 0.15) is 31.7 Å². The van der Waals surface area contributed by atoms with Crippen molar-refractivity contribution in [2.45, 2.75) is 37.9 Å². The average Bonchev–Trinajstić information content (AvgIpc) is 3.27. The molecule has 0 unspecified atom stereocenters. The number of piperidine rings is 1. The van der Waals surface area contributed by atoms with Crippen LogP contribution in [0.3, 0.4) is 0 Å². The summed E-state index contributed by atoms with van der Waals surface area (Å²) in [5, 5.41) is 9.75. The third-order valence-corrected chi connectivity index (χ3v) is 6.46. The maximum absolute atomic E-state index is 12.9. The third-order valence-electron chi connectivity index (χ3n) is 5.55. The van der Waals surface area contributed by atoms with Crippen molar-refractivity contribution in [1.29, 1.82) is 0 Å². The first kappa shape index (κ1) is 21.4. The first-order valence-electron chi connectivity index (χ1n) is 11.0. The first-order chi connectivity index (χ1) is 15.3. The summed E-state index contributed by atoms with van der Waals surface area (Å²) < 4.78 is 2.09. The minimum Gasteiger partial charge on any atom is -0.341 e. The van der Waals surface area contributed by atoms with E-state index in [9.17, 15) is 4.79 Å². The molecule has 1 amide bonds. The van der Waals surface area contributed by atoms with Crippen LogP contribution in [0.25, 0.3) is 5.69 Å². The first-order valence-corrected chi connectivity index (χ1v) is 11.9. The van der Waals surface area contributed by atoms with E-state index >= 15 is 0 Å². The summed E-state index contributed by atoms with van der Waals surface area (Å²) in [4.78, 5) is 17.1. The Balaban J connectivity index is 1.51. The van der Waals surface area contributed by atoms with Crippen LogP contribution >= 0.6 is 11.8 Å². The molecule has 4 rings (SSSR count). The number of hydrogen-bond acceptors (Lipinski definition) is 5. The highest BCUT2D eigenvalue weighted by Crippen LogP contribution is 2.28. The highest BCUT2D eigenvalue weighted by Gasteiger charge is 2.22. The number of amides is 1. The molecule has 2 aromatic carbocycles. The number of hydrogen-bond donors (Lipinski definition) is 0. The highest BCUT2D eigenvalue weighted by atomic mass is 32.2. The number of aromatic nitrogens is 3. The molecule has 6 nitrogen and oxygen atoms in total. The Morgan fingerprint density at radius 2 is 1.65 bits per heavy atom. The van der Waals surface area contributed by atoms with Crippen molar-refractivity contribution in [2.24, 2.45) is 0 Å². The second-order valence-corrected chi connectivity index (χ2v) is 8.63. The largest absolute Gasteiger partial charge is 0.341 e. The van der Waals surface area contributed by atoms with Gasteiger partial charge in [-0.1, -0.05) is 60.3 Å². The van der Waals surface area contributed by atoms with E-state index in [0.29, 0.717) is 18.8 Å². The Morgan fingerprint density at radius 3 is 2.32 bits per heavy atom. The van der Waals surface area contributed by atoms with Crippen LogP contribution in [0.4, 0.5) is 5.95 Å². The molecule has 0 saturated carbocycles. The Morgan fingerprint density at radius 1 is 0.968 bits per heavy atom. The molecule has 0 N–H and O–H groups in total. The quantitative estimate of drug-likeness (QED) is 0.491. The van der Waals surface area contributed by atoms with Gasteiger partial charge < -0.3 is 9.80 Å². The number of carbonyl (C=O) groups is 1. The monoisotopic (exact) mass is 435 g/mol. The number of anilines is 1. The molecule has 0 spiro atoms. The lowest BCUT2D eigenvalue weighted by Gasteiger charge is -2.27. The number of rotatable bonds is 8. The van der Waals surface area contributed by atoms with Crippen LogP contribution in [0.5, 0.6) is 0 Å². The summed E-state index contributed by atoms with van der Waals surface area (Å²) in [6.45, 7) is 5.32. The molecule has 7 heteroatoms. The van der Waals surface area contributed by atoms with Crippen LogP contribution < -0.4 is 4.90 Å². The van der Waals surface area contributed by atoms with Crippen molar-refractivity contribution in [1.82, 2.24) is 19.7 Å². The summed E-state index contributed by atoms with van der Waals surface area (Å²) in [6, 6.07) is 20.3. The maximum atomic E-state index is 12.9. The molecule has 31 heavy (non-hydrogen) atoms. The maximum Gasteiger partial charge on any atom is 0.233 e. The zero-order valence-electron chi connectivity index (χ0n) is 18.0. The van der Waals surface area contributed by atoms with E-state index in [1.807, 2.05) is 48.2 Å². The average molecular weight is 436 g/mol. The third kappa shape index (κ3) is 5.28. The number of nitrogens with zero attached hydrogens (tertiary/aromatic N) is 5. The molecule has 1 fully saturated rings. The normalized spacial score (nSPS) is 13.9. The summed E-state index contributed by atoms with van der Waals surface area (Å²) in [5.74, 6) is 1.32. The number of para-hydroxylation sites is 1. The molecule has 0 bridgehead atoms. The molecule has 0 radical (unpaired) electrons. The van der Waals surface area contributed by atoms with Gasteiger partial charge in [0.2, 0.25) is 11.9 Å². The van der Waals surface area contributed by atoms with Gasteiger partial charge in [-0.2, -0.15) is 0 Å². The van der Waals surface area contributed by atoms with Crippen LogP contribution in [-0.4, -0.2) is 51.0 Å². The Labute approximate surface area is 188 Å². The van der Waals surface area contributed by atoms with E-state index in [0.717, 1.165) is 35.4 Å². The van der Waals surface area contributed by atoms with Crippen molar-refractivity contribution >= 4 is 23.6 Å². The van der Waals surface area contributed by atoms with E-state index in [1.54, 1.807) is 0 Å². The Hall–Kier alpha value is -2.80. The standard InChI is InChI=1S/C24H29N5OS/c1-2-27(18-20-12-6-3-7-13-20)22(30)19-31-24-26-25-23(28-16-10-5-11-17-28)29(24)21-14-8-4-9-15-21/h3-4,6-9,12-15H,2,5,10-11,16-19H2,1H3. The molecule has 2 heterocycles. The SMILES string of the molecule is CCN(Cc1ccccc1)C(=O)CSc1nnc(N2CCCCC2)n1-c1ccccc1. The summed E-state index contributed by atoms with van der Waals surface area (Å²) in [5.41, 5.74) is 2.17. The Bertz CT molecular complexity index is 970. The van der Waals surface area contributed by atoms with Crippen molar-refractivity contribution in [2.75, 3.05) is 30.3 Å². The van der Waals surface area contributed by atoms with Gasteiger partial charge in [0, 0.05) is 26.2 Å². The van der Waals surface area contributed by atoms with Crippen LogP contribution in [0.15, 0.2) is 65.8 Å². The van der Waals surface area contributed by atoms with Crippen molar-refractivity contribution in [3.63, 3.8) is 0 Å². The minimum atomic E-state index is 0.110. The molecule has 0 aliphatic carbocycles. The zero-order valence-corrected chi connectivity index (χ0v) is 18.8. The smallest absolute Gasteiger partial charge is 0.233 e. The predicted molar refractivity (Wildman–Crippen MR) is 126 cm³/mol. The van der Waals surface area contributed by atoms with Gasteiger partial charge in [-0.3, -0.25) is 9.36 Å². The lowest BCUT2D eigenvalue weighted by molar-refractivity contribution is -0.128. The number of carbonyl (C=O) groups excluding carboxylic acids is 1. The highest BCUT2D eigenvalue weighted by molar-refractivity contribution is 7.99. The zero-order chi connectivity index (χ0) is 21.5. The summed E-state index contributed by atoms with van der Waals surface area (Å²) in [6.07, 6.45) is 3.61. The van der Waals surface area contributed by atoms with E-state index < -0.39 is 0 Å². The van der Waals surface area contributed by atoms with Crippen LogP contribution in [0, 0.1) is 0 Å². The van der Waals surface area contributed by atoms with Gasteiger partial charge >= 0.3 is 0 Å². The second kappa shape index (κ2) is 10.5. The van der Waals surface area contributed by atoms with E-state index in [-0.39, 0.29) is 5.91 Å². The summed E-state index contributed by atoms with van der Waals surface area (Å²) in [7, 11) is 0. The van der Waals surface area contributed by atoms with Gasteiger partial charge in [0.25, 0.3) is 0 Å². The van der Waals surface area contributed by atoms with Crippen LogP contribution in [-0.2, 0) is 11.3 Å². The van der Waals surface area contributed by atoms with E-state index in [4.69, 9.17) is 0 Å². The molecule has 1 aromatic heterocycles. The number of benzene rings is 2. The lowest BCUT2D eigenvalue weighted by Crippen LogP contribution is -2.32. The molecule has 1 aliphatic heterocycles. The fourth-order valence-electron chi connectivity index (χ4n) is 3.86. The second-order valence-electron chi connectivity index (χ2n) is 7.68. The summed E-state index contributed by atoms with van der Waals surface area (Å²) >= 11 is 1.46. The van der Waals surface area contributed by atoms with Gasteiger partial charge in [0.05, 0.1) is 11.4 Å². The molecule has 3 aromatic rings. The van der Waals surface area contributed by atoms with Gasteiger partial charge in [-0.05, 0) is 43.9 Å². The Kier molecular flexibility index (Phi) is 7.25. The van der Waals surface area contributed by atoms with Crippen molar-refractivity contribution in [3.8, 4) is 5.69 Å². The molecule has 162 valence electrons. The van der Waals surface area contributed by atoms with Gasteiger partial charge in [-0.15, -0.1) is 10.2 Å². The van der Waals surface area contributed by atoms with E-state index in [2.05, 4.69) is 43.9 Å². The minimum absolute atomic E-state index is 0.110. The molecular weight excluding hydrogens is 406 g/mol. The molecule has 0 atom stereocenters. The molecule has 1 saturated heterocycles. The number of thioether (sulfide) groups is 1. The van der Waals surface area contributed by atoms with E-state index in [1.165, 1.54) is 31.0 Å². The molecular formula is C24H29N5OS. The van der Waals surface area contributed by atoms with Gasteiger partial charge in [-0.25, -0.2) is 0 Å². The topological polar surface area (TPSA) is 54.3 Å². The van der Waals surface area contributed by atoms with Crippen molar-refractivity contribution in [3.05, 3.63) is 66.2 Å². The molecule has 1 aliphatic rings.